The summed E-state index contributed by atoms with van der Waals surface area (Å²) in [7, 11) is 1.94. The fraction of sp³-hybridized carbons (Fsp3) is 0.625. The second kappa shape index (κ2) is 3.53. The molecule has 0 aliphatic carbocycles. The molecular formula is C8H15N3. The van der Waals surface area contributed by atoms with E-state index in [1.165, 1.54) is 5.69 Å². The summed E-state index contributed by atoms with van der Waals surface area (Å²) in [5.74, 6) is 0. The largest absolute Gasteiger partial charge is 0.312 e. The van der Waals surface area contributed by atoms with Gasteiger partial charge in [0.15, 0.2) is 0 Å². The average molecular weight is 153 g/mol. The van der Waals surface area contributed by atoms with Crippen molar-refractivity contribution < 1.29 is 0 Å². The third kappa shape index (κ3) is 1.80. The molecule has 0 radical (unpaired) electrons. The van der Waals surface area contributed by atoms with Crippen molar-refractivity contribution in [2.75, 3.05) is 7.05 Å². The molecule has 1 rings (SSSR count). The lowest BCUT2D eigenvalue weighted by atomic mass is 10.2. The fourth-order valence-electron chi connectivity index (χ4n) is 0.930. The topological polar surface area (TPSA) is 40.7 Å². The molecule has 0 aromatic carbocycles. The first kappa shape index (κ1) is 8.27. The van der Waals surface area contributed by atoms with E-state index >= 15 is 0 Å². The molecule has 0 saturated heterocycles. The van der Waals surface area contributed by atoms with E-state index in [-0.39, 0.29) is 0 Å². The number of aryl methyl sites for hydroxylation is 1. The summed E-state index contributed by atoms with van der Waals surface area (Å²) in [5, 5.41) is 10.3. The molecule has 0 saturated carbocycles. The first-order chi connectivity index (χ1) is 5.27. The zero-order valence-electron chi connectivity index (χ0n) is 7.31. The van der Waals surface area contributed by atoms with E-state index in [0.29, 0.717) is 6.04 Å². The van der Waals surface area contributed by atoms with Crippen molar-refractivity contribution in [2.45, 2.75) is 26.3 Å². The summed E-state index contributed by atoms with van der Waals surface area (Å²) in [6, 6.07) is 2.44. The summed E-state index contributed by atoms with van der Waals surface area (Å²) >= 11 is 0. The highest BCUT2D eigenvalue weighted by Crippen LogP contribution is 2.09. The molecule has 0 amide bonds. The number of nitrogens with one attached hydrogen (secondary N) is 2. The van der Waals surface area contributed by atoms with Crippen molar-refractivity contribution >= 4 is 0 Å². The Labute approximate surface area is 67.2 Å². The molecule has 2 N–H and O–H groups in total. The van der Waals surface area contributed by atoms with E-state index in [0.717, 1.165) is 12.1 Å². The molecule has 0 spiro atoms. The highest BCUT2D eigenvalue weighted by molar-refractivity contribution is 5.11. The Morgan fingerprint density at radius 1 is 1.73 bits per heavy atom. The van der Waals surface area contributed by atoms with E-state index < -0.39 is 0 Å². The molecule has 1 heterocycles. The molecule has 3 heteroatoms. The van der Waals surface area contributed by atoms with Gasteiger partial charge in [0.25, 0.3) is 0 Å². The summed E-state index contributed by atoms with van der Waals surface area (Å²) < 4.78 is 0. The van der Waals surface area contributed by atoms with Gasteiger partial charge in [0, 0.05) is 11.7 Å². The first-order valence-electron chi connectivity index (χ1n) is 3.99. The van der Waals surface area contributed by atoms with Crippen LogP contribution in [0.1, 0.15) is 31.3 Å². The van der Waals surface area contributed by atoms with Crippen molar-refractivity contribution in [1.29, 1.82) is 0 Å². The zero-order valence-corrected chi connectivity index (χ0v) is 7.31. The van der Waals surface area contributed by atoms with E-state index in [2.05, 4.69) is 35.4 Å². The Kier molecular flexibility index (Phi) is 2.65. The van der Waals surface area contributed by atoms with Gasteiger partial charge in [-0.1, -0.05) is 6.92 Å². The Morgan fingerprint density at radius 2 is 2.45 bits per heavy atom. The third-order valence-electron chi connectivity index (χ3n) is 1.91. The maximum Gasteiger partial charge on any atom is 0.0791 e. The van der Waals surface area contributed by atoms with Crippen LogP contribution < -0.4 is 5.32 Å². The molecule has 0 aliphatic heterocycles. The SMILES string of the molecule is CCc1cc(C(C)NC)n[nH]1. The predicted molar refractivity (Wildman–Crippen MR) is 45.4 cm³/mol. The smallest absolute Gasteiger partial charge is 0.0791 e. The van der Waals surface area contributed by atoms with E-state index in [4.69, 9.17) is 0 Å². The van der Waals surface area contributed by atoms with E-state index in [1.807, 2.05) is 7.05 Å². The predicted octanol–water partition coefficient (Wildman–Crippen LogP) is 1.25. The Hall–Kier alpha value is -0.830. The molecular weight excluding hydrogens is 138 g/mol. The van der Waals surface area contributed by atoms with Crippen molar-refractivity contribution in [3.8, 4) is 0 Å². The van der Waals surface area contributed by atoms with Crippen LogP contribution in [0.2, 0.25) is 0 Å². The molecule has 1 aromatic rings. The minimum absolute atomic E-state index is 0.339. The maximum absolute atomic E-state index is 4.17. The van der Waals surface area contributed by atoms with Gasteiger partial charge in [0.1, 0.15) is 0 Å². The normalized spacial score (nSPS) is 13.4. The first-order valence-corrected chi connectivity index (χ1v) is 3.99. The standard InChI is InChI=1S/C8H15N3/c1-4-7-5-8(11-10-7)6(2)9-3/h5-6,9H,4H2,1-3H3,(H,10,11). The Balaban J connectivity index is 2.71. The van der Waals surface area contributed by atoms with Gasteiger partial charge in [-0.15, -0.1) is 0 Å². The average Bonchev–Trinajstić information content (AvgIpc) is 2.50. The lowest BCUT2D eigenvalue weighted by Gasteiger charge is -2.03. The third-order valence-corrected chi connectivity index (χ3v) is 1.91. The maximum atomic E-state index is 4.17. The molecule has 1 atom stereocenters. The number of nitrogens with zero attached hydrogens (tertiary/aromatic N) is 1. The number of aromatic amines is 1. The van der Waals surface area contributed by atoms with Crippen LogP contribution in [0.5, 0.6) is 0 Å². The van der Waals surface area contributed by atoms with Crippen LogP contribution in [-0.2, 0) is 6.42 Å². The lowest BCUT2D eigenvalue weighted by Crippen LogP contribution is -2.12. The molecule has 62 valence electrons. The molecule has 3 nitrogen and oxygen atoms in total. The summed E-state index contributed by atoms with van der Waals surface area (Å²) in [4.78, 5) is 0. The second-order valence-electron chi connectivity index (χ2n) is 2.68. The Morgan fingerprint density at radius 3 is 2.91 bits per heavy atom. The minimum atomic E-state index is 0.339. The quantitative estimate of drug-likeness (QED) is 0.686. The number of hydrogen-bond acceptors (Lipinski definition) is 2. The van der Waals surface area contributed by atoms with Crippen LogP contribution in [0.3, 0.4) is 0 Å². The van der Waals surface area contributed by atoms with Gasteiger partial charge in [-0.3, -0.25) is 5.10 Å². The van der Waals surface area contributed by atoms with Gasteiger partial charge in [-0.25, -0.2) is 0 Å². The minimum Gasteiger partial charge on any atom is -0.312 e. The Bertz CT molecular complexity index is 217. The highest BCUT2D eigenvalue weighted by Gasteiger charge is 2.05. The number of H-pyrrole nitrogens is 1. The summed E-state index contributed by atoms with van der Waals surface area (Å²) in [6.45, 7) is 4.21. The summed E-state index contributed by atoms with van der Waals surface area (Å²) in [5.41, 5.74) is 2.28. The van der Waals surface area contributed by atoms with Crippen LogP contribution in [0.4, 0.5) is 0 Å². The fourth-order valence-corrected chi connectivity index (χ4v) is 0.930. The van der Waals surface area contributed by atoms with Gasteiger partial charge < -0.3 is 5.32 Å². The number of rotatable bonds is 3. The van der Waals surface area contributed by atoms with Gasteiger partial charge in [0.2, 0.25) is 0 Å². The van der Waals surface area contributed by atoms with Gasteiger partial charge in [0.05, 0.1) is 5.69 Å². The molecule has 0 bridgehead atoms. The van der Waals surface area contributed by atoms with Crippen molar-refractivity contribution in [1.82, 2.24) is 15.5 Å². The van der Waals surface area contributed by atoms with Crippen LogP contribution in [0, 0.1) is 0 Å². The zero-order chi connectivity index (χ0) is 8.27. The van der Waals surface area contributed by atoms with E-state index in [9.17, 15) is 0 Å². The number of hydrogen-bond donors (Lipinski definition) is 2. The van der Waals surface area contributed by atoms with Crippen LogP contribution in [0.15, 0.2) is 6.07 Å². The second-order valence-corrected chi connectivity index (χ2v) is 2.68. The number of aromatic nitrogens is 2. The molecule has 1 aromatic heterocycles. The van der Waals surface area contributed by atoms with Crippen molar-refractivity contribution in [3.05, 3.63) is 17.5 Å². The summed E-state index contributed by atoms with van der Waals surface area (Å²) in [6.07, 6.45) is 1.02. The van der Waals surface area contributed by atoms with Crippen molar-refractivity contribution in [2.24, 2.45) is 0 Å². The van der Waals surface area contributed by atoms with Gasteiger partial charge in [-0.05, 0) is 26.5 Å². The molecule has 0 aliphatic rings. The molecule has 1 unspecified atom stereocenters. The highest BCUT2D eigenvalue weighted by atomic mass is 15.1. The van der Waals surface area contributed by atoms with Gasteiger partial charge >= 0.3 is 0 Å². The van der Waals surface area contributed by atoms with Crippen LogP contribution in [-0.4, -0.2) is 17.2 Å². The lowest BCUT2D eigenvalue weighted by molar-refractivity contribution is 0.630. The molecule has 0 fully saturated rings. The monoisotopic (exact) mass is 153 g/mol. The van der Waals surface area contributed by atoms with Gasteiger partial charge in [-0.2, -0.15) is 5.10 Å². The molecule has 11 heavy (non-hydrogen) atoms. The van der Waals surface area contributed by atoms with Crippen LogP contribution in [0.25, 0.3) is 0 Å². The van der Waals surface area contributed by atoms with Crippen LogP contribution >= 0.6 is 0 Å². The van der Waals surface area contributed by atoms with E-state index in [1.54, 1.807) is 0 Å². The van der Waals surface area contributed by atoms with Crippen molar-refractivity contribution in [3.63, 3.8) is 0 Å².